The van der Waals surface area contributed by atoms with Crippen molar-refractivity contribution in [2.24, 2.45) is 0 Å². The van der Waals surface area contributed by atoms with Crippen molar-refractivity contribution in [3.05, 3.63) is 89.3 Å². The van der Waals surface area contributed by atoms with E-state index < -0.39 is 11.8 Å². The molecule has 2 heterocycles. The summed E-state index contributed by atoms with van der Waals surface area (Å²) in [6.07, 6.45) is 2.89. The third-order valence-electron chi connectivity index (χ3n) is 5.15. The fourth-order valence-electron chi connectivity index (χ4n) is 3.48. The molecule has 36 heavy (non-hydrogen) atoms. The highest BCUT2D eigenvalue weighted by atomic mass is 35.5. The third-order valence-corrected chi connectivity index (χ3v) is 5.40. The topological polar surface area (TPSA) is 129 Å². The van der Waals surface area contributed by atoms with Gasteiger partial charge in [-0.2, -0.15) is 5.10 Å². The Balaban J connectivity index is 1.76. The van der Waals surface area contributed by atoms with Crippen LogP contribution in [0.1, 0.15) is 27.8 Å². The molecule has 2 aromatic carbocycles. The first kappa shape index (κ1) is 24.4. The highest BCUT2D eigenvalue weighted by molar-refractivity contribution is 6.30. The van der Waals surface area contributed by atoms with Crippen molar-refractivity contribution in [1.29, 1.82) is 0 Å². The summed E-state index contributed by atoms with van der Waals surface area (Å²) >= 11 is 6.04. The fourth-order valence-corrected chi connectivity index (χ4v) is 3.61. The van der Waals surface area contributed by atoms with Gasteiger partial charge in [-0.25, -0.2) is 0 Å². The zero-order valence-corrected chi connectivity index (χ0v) is 20.0. The van der Waals surface area contributed by atoms with Gasteiger partial charge in [0.05, 0.1) is 18.4 Å². The zero-order chi connectivity index (χ0) is 25.7. The Labute approximate surface area is 211 Å². The first-order valence-electron chi connectivity index (χ1n) is 10.7. The Kier molecular flexibility index (Phi) is 7.26. The van der Waals surface area contributed by atoms with E-state index in [4.69, 9.17) is 16.3 Å². The Morgan fingerprint density at radius 3 is 2.42 bits per heavy atom. The summed E-state index contributed by atoms with van der Waals surface area (Å²) in [6.45, 7) is 1.37. The van der Waals surface area contributed by atoms with Gasteiger partial charge in [0, 0.05) is 36.0 Å². The Morgan fingerprint density at radius 1 is 1.00 bits per heavy atom. The van der Waals surface area contributed by atoms with Gasteiger partial charge in [-0.3, -0.25) is 40.2 Å². The minimum Gasteiger partial charge on any atom is -0.497 e. The van der Waals surface area contributed by atoms with Crippen LogP contribution in [0.5, 0.6) is 5.75 Å². The molecular formula is C25H21ClN6O4. The smallest absolute Gasteiger partial charge is 0.289 e. The zero-order valence-electron chi connectivity index (χ0n) is 19.3. The van der Waals surface area contributed by atoms with E-state index >= 15 is 0 Å². The van der Waals surface area contributed by atoms with Gasteiger partial charge < -0.3 is 4.74 Å². The second-order valence-electron chi connectivity index (χ2n) is 7.51. The highest BCUT2D eigenvalue weighted by Gasteiger charge is 2.29. The van der Waals surface area contributed by atoms with Gasteiger partial charge in [0.15, 0.2) is 0 Å². The normalized spacial score (nSPS) is 10.4. The van der Waals surface area contributed by atoms with Gasteiger partial charge in [-0.05, 0) is 36.4 Å². The van der Waals surface area contributed by atoms with Crippen LogP contribution < -0.4 is 20.5 Å². The molecule has 3 N–H and O–H groups in total. The number of H-pyrrole nitrogens is 1. The maximum absolute atomic E-state index is 13.2. The van der Waals surface area contributed by atoms with Crippen molar-refractivity contribution in [1.82, 2.24) is 26.0 Å². The SMILES string of the molecule is COc1cccc(N(C(C)=O)c2c(-c3ccc(Cl)cc3)n[nH]c2C(=O)NNC(=O)c2cccnc2)c1. The summed E-state index contributed by atoms with van der Waals surface area (Å²) in [5, 5.41) is 7.53. The van der Waals surface area contributed by atoms with Gasteiger partial charge in [-0.15, -0.1) is 0 Å². The van der Waals surface area contributed by atoms with Crippen molar-refractivity contribution < 1.29 is 19.1 Å². The number of nitrogens with zero attached hydrogens (tertiary/aromatic N) is 3. The summed E-state index contributed by atoms with van der Waals surface area (Å²) in [6, 6.07) is 16.8. The van der Waals surface area contributed by atoms with E-state index in [-0.39, 0.29) is 22.9 Å². The molecule has 182 valence electrons. The molecule has 0 fully saturated rings. The van der Waals surface area contributed by atoms with Gasteiger partial charge in [-0.1, -0.05) is 29.8 Å². The predicted octanol–water partition coefficient (Wildman–Crippen LogP) is 3.89. The molecule has 0 bridgehead atoms. The van der Waals surface area contributed by atoms with Crippen LogP contribution in [0.15, 0.2) is 73.1 Å². The molecule has 0 spiro atoms. The highest BCUT2D eigenvalue weighted by Crippen LogP contribution is 2.38. The van der Waals surface area contributed by atoms with E-state index in [1.54, 1.807) is 60.7 Å². The maximum atomic E-state index is 13.2. The second-order valence-corrected chi connectivity index (χ2v) is 7.95. The molecule has 0 saturated heterocycles. The molecule has 4 rings (SSSR count). The molecule has 2 aromatic heterocycles. The van der Waals surface area contributed by atoms with Crippen LogP contribution in [-0.2, 0) is 4.79 Å². The minimum absolute atomic E-state index is 0.0514. The molecule has 0 unspecified atom stereocenters. The van der Waals surface area contributed by atoms with Crippen molar-refractivity contribution in [2.75, 3.05) is 12.0 Å². The summed E-state index contributed by atoms with van der Waals surface area (Å²) in [4.78, 5) is 43.7. The number of hydrogen-bond donors (Lipinski definition) is 3. The number of carbonyl (C=O) groups excluding carboxylic acids is 3. The number of ether oxygens (including phenoxy) is 1. The van der Waals surface area contributed by atoms with Gasteiger partial charge in [0.2, 0.25) is 5.91 Å². The molecule has 0 aliphatic rings. The Bertz CT molecular complexity index is 1410. The molecule has 0 aliphatic heterocycles. The Morgan fingerprint density at radius 2 is 1.75 bits per heavy atom. The number of hydrazine groups is 1. The van der Waals surface area contributed by atoms with Gasteiger partial charge in [0.25, 0.3) is 11.8 Å². The number of aromatic amines is 1. The number of nitrogens with one attached hydrogen (secondary N) is 3. The maximum Gasteiger partial charge on any atom is 0.289 e. The lowest BCUT2D eigenvalue weighted by atomic mass is 10.1. The number of aromatic nitrogens is 3. The van der Waals surface area contributed by atoms with Crippen LogP contribution >= 0.6 is 11.6 Å². The van der Waals surface area contributed by atoms with Gasteiger partial charge >= 0.3 is 0 Å². The van der Waals surface area contributed by atoms with Crippen LogP contribution in [-0.4, -0.2) is 40.0 Å². The van der Waals surface area contributed by atoms with Crippen molar-refractivity contribution >= 4 is 40.7 Å². The number of rotatable bonds is 6. The molecule has 0 saturated carbocycles. The van der Waals surface area contributed by atoms with Crippen molar-refractivity contribution in [2.45, 2.75) is 6.92 Å². The van der Waals surface area contributed by atoms with Crippen molar-refractivity contribution in [3.8, 4) is 17.0 Å². The number of halogens is 1. The molecule has 10 nitrogen and oxygen atoms in total. The average molecular weight is 505 g/mol. The first-order valence-corrected chi connectivity index (χ1v) is 11.1. The largest absolute Gasteiger partial charge is 0.497 e. The molecule has 11 heteroatoms. The number of anilines is 2. The molecule has 0 radical (unpaired) electrons. The number of methoxy groups -OCH3 is 1. The quantitative estimate of drug-likeness (QED) is 0.341. The van der Waals surface area contributed by atoms with E-state index in [1.807, 2.05) is 0 Å². The summed E-state index contributed by atoms with van der Waals surface area (Å²) in [5.41, 5.74) is 6.48. The number of amides is 3. The summed E-state index contributed by atoms with van der Waals surface area (Å²) in [7, 11) is 1.51. The van der Waals surface area contributed by atoms with E-state index in [0.717, 1.165) is 0 Å². The average Bonchev–Trinajstić information content (AvgIpc) is 3.32. The lowest BCUT2D eigenvalue weighted by molar-refractivity contribution is -0.115. The van der Waals surface area contributed by atoms with E-state index in [2.05, 4.69) is 26.0 Å². The number of carbonyl (C=O) groups is 3. The van der Waals surface area contributed by atoms with Crippen LogP contribution in [0.4, 0.5) is 11.4 Å². The lowest BCUT2D eigenvalue weighted by Crippen LogP contribution is -2.42. The van der Waals surface area contributed by atoms with Crippen molar-refractivity contribution in [3.63, 3.8) is 0 Å². The summed E-state index contributed by atoms with van der Waals surface area (Å²) < 4.78 is 5.31. The standard InChI is InChI=1S/C25H21ClN6O4/c1-15(33)32(19-6-3-7-20(13-19)36-2)23-21(16-8-10-18(26)11-9-16)28-29-22(23)25(35)31-30-24(34)17-5-4-12-27-14-17/h3-14H,1-2H3,(H,28,29)(H,30,34)(H,31,35). The van der Waals surface area contributed by atoms with E-state index in [0.29, 0.717) is 27.7 Å². The molecule has 0 aliphatic carbocycles. The number of hydrogen-bond acceptors (Lipinski definition) is 6. The van der Waals surface area contributed by atoms with E-state index in [9.17, 15) is 14.4 Å². The van der Waals surface area contributed by atoms with Crippen LogP contribution in [0, 0.1) is 0 Å². The monoisotopic (exact) mass is 504 g/mol. The van der Waals surface area contributed by atoms with E-state index in [1.165, 1.54) is 31.3 Å². The number of pyridine rings is 1. The fraction of sp³-hybridized carbons (Fsp3) is 0.0800. The van der Waals surface area contributed by atoms with Crippen LogP contribution in [0.25, 0.3) is 11.3 Å². The van der Waals surface area contributed by atoms with Gasteiger partial charge in [0.1, 0.15) is 22.8 Å². The third kappa shape index (κ3) is 5.18. The molecular weight excluding hydrogens is 484 g/mol. The second kappa shape index (κ2) is 10.7. The lowest BCUT2D eigenvalue weighted by Gasteiger charge is -2.23. The molecule has 3 amide bonds. The van der Waals surface area contributed by atoms with Crippen LogP contribution in [0.3, 0.4) is 0 Å². The first-order chi connectivity index (χ1) is 17.4. The predicted molar refractivity (Wildman–Crippen MR) is 134 cm³/mol. The Hall–Kier alpha value is -4.70. The molecule has 0 atom stereocenters. The van der Waals surface area contributed by atoms with Crippen LogP contribution in [0.2, 0.25) is 5.02 Å². The number of benzene rings is 2. The minimum atomic E-state index is -0.718. The summed E-state index contributed by atoms with van der Waals surface area (Å²) in [5.74, 6) is -1.14. The molecule has 4 aromatic rings.